The molecule has 1 aromatic carbocycles. The molecule has 0 atom stereocenters. The summed E-state index contributed by atoms with van der Waals surface area (Å²) in [6.07, 6.45) is 1.89. The molecule has 0 radical (unpaired) electrons. The van der Waals surface area contributed by atoms with Crippen molar-refractivity contribution in [1.82, 2.24) is 9.97 Å². The Morgan fingerprint density at radius 1 is 0.700 bits per heavy atom. The van der Waals surface area contributed by atoms with Gasteiger partial charge in [-0.05, 0) is 37.6 Å². The van der Waals surface area contributed by atoms with Crippen LogP contribution in [0.3, 0.4) is 0 Å². The third kappa shape index (κ3) is 2.45. The Hall–Kier alpha value is -2.48. The second-order valence-corrected chi connectivity index (χ2v) is 4.90. The zero-order valence-electron chi connectivity index (χ0n) is 11.7. The first kappa shape index (κ1) is 12.5. The van der Waals surface area contributed by atoms with Crippen LogP contribution in [0.1, 0.15) is 11.3 Å². The van der Waals surface area contributed by atoms with Crippen LogP contribution in [-0.4, -0.2) is 9.97 Å². The fourth-order valence-electron chi connectivity index (χ4n) is 2.12. The summed E-state index contributed by atoms with van der Waals surface area (Å²) >= 11 is 0. The molecule has 2 heterocycles. The third-order valence-corrected chi connectivity index (χ3v) is 3.48. The van der Waals surface area contributed by atoms with Gasteiger partial charge in [-0.2, -0.15) is 0 Å². The van der Waals surface area contributed by atoms with Gasteiger partial charge in [-0.25, -0.2) is 0 Å². The van der Waals surface area contributed by atoms with Crippen molar-refractivity contribution < 1.29 is 0 Å². The summed E-state index contributed by atoms with van der Waals surface area (Å²) < 4.78 is 0. The van der Waals surface area contributed by atoms with Crippen molar-refractivity contribution in [3.05, 3.63) is 72.1 Å². The molecule has 0 unspecified atom stereocenters. The SMILES string of the molecule is Cc1ccc(-c2ccc(-c3ccccc3)nc2)nc1C. The molecule has 2 heteroatoms. The van der Waals surface area contributed by atoms with E-state index >= 15 is 0 Å². The summed E-state index contributed by atoms with van der Waals surface area (Å²) in [6.45, 7) is 4.10. The number of hydrogen-bond donors (Lipinski definition) is 0. The van der Waals surface area contributed by atoms with Crippen LogP contribution in [0.2, 0.25) is 0 Å². The van der Waals surface area contributed by atoms with Gasteiger partial charge in [0.1, 0.15) is 0 Å². The van der Waals surface area contributed by atoms with E-state index in [9.17, 15) is 0 Å². The van der Waals surface area contributed by atoms with Crippen LogP contribution >= 0.6 is 0 Å². The Kier molecular flexibility index (Phi) is 3.30. The van der Waals surface area contributed by atoms with Gasteiger partial charge in [0.25, 0.3) is 0 Å². The number of aromatic nitrogens is 2. The smallest absolute Gasteiger partial charge is 0.0720 e. The molecular formula is C18H16N2. The molecule has 0 aliphatic carbocycles. The van der Waals surface area contributed by atoms with Crippen molar-refractivity contribution in [3.63, 3.8) is 0 Å². The number of pyridine rings is 2. The van der Waals surface area contributed by atoms with Gasteiger partial charge in [0, 0.05) is 23.0 Å². The van der Waals surface area contributed by atoms with E-state index in [0.29, 0.717) is 0 Å². The average molecular weight is 260 g/mol. The molecule has 2 nitrogen and oxygen atoms in total. The Balaban J connectivity index is 1.95. The second-order valence-electron chi connectivity index (χ2n) is 4.90. The first-order valence-corrected chi connectivity index (χ1v) is 6.70. The van der Waals surface area contributed by atoms with Crippen LogP contribution in [-0.2, 0) is 0 Å². The lowest BCUT2D eigenvalue weighted by atomic mass is 10.1. The van der Waals surface area contributed by atoms with Gasteiger partial charge in [-0.3, -0.25) is 9.97 Å². The molecule has 0 saturated heterocycles. The van der Waals surface area contributed by atoms with Gasteiger partial charge in [0.2, 0.25) is 0 Å². The van der Waals surface area contributed by atoms with E-state index in [4.69, 9.17) is 0 Å². The Morgan fingerprint density at radius 2 is 1.45 bits per heavy atom. The summed E-state index contributed by atoms with van der Waals surface area (Å²) in [4.78, 5) is 9.14. The summed E-state index contributed by atoms with van der Waals surface area (Å²) in [5, 5.41) is 0. The lowest BCUT2D eigenvalue weighted by molar-refractivity contribution is 1.15. The van der Waals surface area contributed by atoms with Crippen molar-refractivity contribution in [2.45, 2.75) is 13.8 Å². The lowest BCUT2D eigenvalue weighted by Crippen LogP contribution is -1.91. The topological polar surface area (TPSA) is 25.8 Å². The van der Waals surface area contributed by atoms with Crippen LogP contribution < -0.4 is 0 Å². The molecule has 2 aromatic heterocycles. The van der Waals surface area contributed by atoms with Crippen molar-refractivity contribution in [1.29, 1.82) is 0 Å². The standard InChI is InChI=1S/C18H16N2/c1-13-8-10-18(20-14(13)2)16-9-11-17(19-12-16)15-6-4-3-5-7-15/h3-12H,1-2H3. The van der Waals surface area contributed by atoms with Gasteiger partial charge in [-0.15, -0.1) is 0 Å². The van der Waals surface area contributed by atoms with E-state index in [0.717, 1.165) is 28.2 Å². The minimum Gasteiger partial charge on any atom is -0.256 e. The largest absolute Gasteiger partial charge is 0.256 e. The molecule has 0 amide bonds. The summed E-state index contributed by atoms with van der Waals surface area (Å²) in [5.74, 6) is 0. The zero-order valence-corrected chi connectivity index (χ0v) is 11.7. The normalized spacial score (nSPS) is 10.5. The monoisotopic (exact) mass is 260 g/mol. The number of aryl methyl sites for hydroxylation is 2. The molecule has 0 aliphatic rings. The van der Waals surface area contributed by atoms with Crippen molar-refractivity contribution >= 4 is 0 Å². The third-order valence-electron chi connectivity index (χ3n) is 3.48. The maximum absolute atomic E-state index is 4.61. The van der Waals surface area contributed by atoms with E-state index in [1.807, 2.05) is 43.5 Å². The van der Waals surface area contributed by atoms with E-state index in [1.54, 1.807) is 0 Å². The van der Waals surface area contributed by atoms with Gasteiger partial charge in [0.15, 0.2) is 0 Å². The van der Waals surface area contributed by atoms with Gasteiger partial charge < -0.3 is 0 Å². The highest BCUT2D eigenvalue weighted by Gasteiger charge is 2.03. The Morgan fingerprint density at radius 3 is 2.10 bits per heavy atom. The number of rotatable bonds is 2. The van der Waals surface area contributed by atoms with Crippen LogP contribution in [0.5, 0.6) is 0 Å². The van der Waals surface area contributed by atoms with Crippen molar-refractivity contribution in [2.24, 2.45) is 0 Å². The maximum atomic E-state index is 4.61. The maximum Gasteiger partial charge on any atom is 0.0720 e. The minimum atomic E-state index is 0.972. The van der Waals surface area contributed by atoms with E-state index in [2.05, 4.69) is 41.2 Å². The zero-order chi connectivity index (χ0) is 13.9. The Labute approximate surface area is 119 Å². The molecule has 0 bridgehead atoms. The molecule has 98 valence electrons. The molecule has 0 saturated carbocycles. The van der Waals surface area contributed by atoms with Crippen molar-refractivity contribution in [3.8, 4) is 22.5 Å². The van der Waals surface area contributed by atoms with Gasteiger partial charge >= 0.3 is 0 Å². The number of hydrogen-bond acceptors (Lipinski definition) is 2. The van der Waals surface area contributed by atoms with Crippen LogP contribution in [0, 0.1) is 13.8 Å². The van der Waals surface area contributed by atoms with E-state index < -0.39 is 0 Å². The number of benzene rings is 1. The highest BCUT2D eigenvalue weighted by Crippen LogP contribution is 2.21. The lowest BCUT2D eigenvalue weighted by Gasteiger charge is -2.05. The molecule has 3 aromatic rings. The van der Waals surface area contributed by atoms with Gasteiger partial charge in [0.05, 0.1) is 11.4 Å². The quantitative estimate of drug-likeness (QED) is 0.681. The van der Waals surface area contributed by atoms with E-state index in [-0.39, 0.29) is 0 Å². The van der Waals surface area contributed by atoms with Crippen LogP contribution in [0.15, 0.2) is 60.8 Å². The molecule has 0 fully saturated rings. The molecular weight excluding hydrogens is 244 g/mol. The van der Waals surface area contributed by atoms with Crippen LogP contribution in [0.25, 0.3) is 22.5 Å². The van der Waals surface area contributed by atoms with Crippen molar-refractivity contribution in [2.75, 3.05) is 0 Å². The summed E-state index contributed by atoms with van der Waals surface area (Å²) in [5.41, 5.74) is 6.41. The Bertz CT molecular complexity index is 716. The predicted octanol–water partition coefficient (Wildman–Crippen LogP) is 4.43. The van der Waals surface area contributed by atoms with Gasteiger partial charge in [-0.1, -0.05) is 36.4 Å². The fraction of sp³-hybridized carbons (Fsp3) is 0.111. The van der Waals surface area contributed by atoms with E-state index in [1.165, 1.54) is 5.56 Å². The predicted molar refractivity (Wildman–Crippen MR) is 82.4 cm³/mol. The van der Waals surface area contributed by atoms with Crippen LogP contribution in [0.4, 0.5) is 0 Å². The average Bonchev–Trinajstić information content (AvgIpc) is 2.51. The minimum absolute atomic E-state index is 0.972. The summed E-state index contributed by atoms with van der Waals surface area (Å²) in [6, 6.07) is 18.5. The second kappa shape index (κ2) is 5.25. The molecule has 0 N–H and O–H groups in total. The highest BCUT2D eigenvalue weighted by atomic mass is 14.7. The number of nitrogens with zero attached hydrogens (tertiary/aromatic N) is 2. The molecule has 0 aliphatic heterocycles. The molecule has 0 spiro atoms. The first-order chi connectivity index (χ1) is 9.74. The molecule has 3 rings (SSSR count). The summed E-state index contributed by atoms with van der Waals surface area (Å²) in [7, 11) is 0. The first-order valence-electron chi connectivity index (χ1n) is 6.70. The highest BCUT2D eigenvalue weighted by molar-refractivity contribution is 5.64. The fourth-order valence-corrected chi connectivity index (χ4v) is 2.12. The molecule has 20 heavy (non-hydrogen) atoms.